The van der Waals surface area contributed by atoms with E-state index in [4.69, 9.17) is 9.47 Å². The molecular formula is C17H17BrN2O5. The fraction of sp³-hybridized carbons (Fsp3) is 0.235. The van der Waals surface area contributed by atoms with Crippen molar-refractivity contribution in [2.45, 2.75) is 13.5 Å². The number of benzene rings is 1. The Bertz CT molecular complexity index is 876. The van der Waals surface area contributed by atoms with Crippen LogP contribution in [-0.4, -0.2) is 31.1 Å². The summed E-state index contributed by atoms with van der Waals surface area (Å²) in [6.45, 7) is 1.86. The number of carbonyl (C=O) groups excluding carboxylic acids is 2. The lowest BCUT2D eigenvalue weighted by Crippen LogP contribution is -2.29. The zero-order chi connectivity index (χ0) is 18.6. The molecule has 8 heteroatoms. The third-order valence-electron chi connectivity index (χ3n) is 3.57. The molecule has 0 radical (unpaired) electrons. The highest BCUT2D eigenvalue weighted by Gasteiger charge is 2.16. The maximum absolute atomic E-state index is 12.2. The fourth-order valence-electron chi connectivity index (χ4n) is 2.18. The summed E-state index contributed by atoms with van der Waals surface area (Å²) in [6, 6.07) is 4.89. The van der Waals surface area contributed by atoms with Gasteiger partial charge in [0.2, 0.25) is 5.43 Å². The molecule has 0 saturated carbocycles. The molecule has 25 heavy (non-hydrogen) atoms. The van der Waals surface area contributed by atoms with Crippen LogP contribution < -0.4 is 15.5 Å². The molecule has 0 fully saturated rings. The summed E-state index contributed by atoms with van der Waals surface area (Å²) >= 11 is 3.15. The molecule has 0 aliphatic carbocycles. The Morgan fingerprint density at radius 3 is 2.60 bits per heavy atom. The first kappa shape index (κ1) is 18.7. The summed E-state index contributed by atoms with van der Waals surface area (Å²) in [7, 11) is 2.72. The summed E-state index contributed by atoms with van der Waals surface area (Å²) in [5, 5.41) is 2.65. The predicted molar refractivity (Wildman–Crippen MR) is 95.0 cm³/mol. The van der Waals surface area contributed by atoms with Gasteiger partial charge in [0.25, 0.3) is 5.91 Å². The van der Waals surface area contributed by atoms with E-state index in [9.17, 15) is 14.4 Å². The number of carbonyl (C=O) groups is 2. The number of esters is 1. The largest absolute Gasteiger partial charge is 0.496 e. The van der Waals surface area contributed by atoms with Gasteiger partial charge in [-0.2, -0.15) is 0 Å². The van der Waals surface area contributed by atoms with E-state index in [2.05, 4.69) is 26.2 Å². The minimum atomic E-state index is -0.538. The summed E-state index contributed by atoms with van der Waals surface area (Å²) < 4.78 is 10.1. The van der Waals surface area contributed by atoms with Gasteiger partial charge in [-0.05, 0) is 40.5 Å². The van der Waals surface area contributed by atoms with Crippen LogP contribution in [0.2, 0.25) is 0 Å². The van der Waals surface area contributed by atoms with Crippen molar-refractivity contribution in [3.63, 3.8) is 0 Å². The second-order valence-electron chi connectivity index (χ2n) is 5.18. The monoisotopic (exact) mass is 408 g/mol. The molecule has 1 amide bonds. The predicted octanol–water partition coefficient (Wildman–Crippen LogP) is 2.17. The van der Waals surface area contributed by atoms with E-state index in [1.54, 1.807) is 25.1 Å². The highest BCUT2D eigenvalue weighted by molar-refractivity contribution is 9.10. The van der Waals surface area contributed by atoms with Crippen LogP contribution in [0.15, 0.2) is 33.7 Å². The van der Waals surface area contributed by atoms with Crippen molar-refractivity contribution in [3.05, 3.63) is 61.5 Å². The first-order valence-corrected chi connectivity index (χ1v) is 8.09. The topological polar surface area (TPSA) is 97.5 Å². The zero-order valence-corrected chi connectivity index (χ0v) is 15.5. The van der Waals surface area contributed by atoms with Crippen LogP contribution in [0.1, 0.15) is 32.0 Å². The van der Waals surface area contributed by atoms with E-state index in [1.807, 2.05) is 0 Å². The van der Waals surface area contributed by atoms with Crippen LogP contribution in [0.25, 0.3) is 0 Å². The summed E-state index contributed by atoms with van der Waals surface area (Å²) in [6.07, 6.45) is 1.37. The Morgan fingerprint density at radius 2 is 1.96 bits per heavy atom. The van der Waals surface area contributed by atoms with E-state index in [1.165, 1.54) is 20.4 Å². The number of amides is 1. The van der Waals surface area contributed by atoms with Crippen molar-refractivity contribution in [2.24, 2.45) is 0 Å². The number of methoxy groups -OCH3 is 2. The lowest BCUT2D eigenvalue weighted by atomic mass is 10.1. The van der Waals surface area contributed by atoms with Crippen molar-refractivity contribution < 1.29 is 19.1 Å². The number of rotatable bonds is 5. The van der Waals surface area contributed by atoms with Crippen LogP contribution in [0.5, 0.6) is 5.75 Å². The van der Waals surface area contributed by atoms with E-state index in [0.717, 1.165) is 0 Å². The smallest absolute Gasteiger partial charge is 0.341 e. The molecule has 1 heterocycles. The molecule has 0 atom stereocenters. The van der Waals surface area contributed by atoms with Crippen LogP contribution in [0, 0.1) is 6.92 Å². The molecule has 0 aliphatic rings. The lowest BCUT2D eigenvalue weighted by molar-refractivity contribution is 0.0597. The summed E-state index contributed by atoms with van der Waals surface area (Å²) in [5.41, 5.74) is 1.17. The quantitative estimate of drug-likeness (QED) is 0.738. The summed E-state index contributed by atoms with van der Waals surface area (Å²) in [4.78, 5) is 39.0. The molecule has 0 unspecified atom stereocenters. The lowest BCUT2D eigenvalue weighted by Gasteiger charge is -2.10. The molecule has 7 nitrogen and oxygen atoms in total. The summed E-state index contributed by atoms with van der Waals surface area (Å²) in [5.74, 6) is -0.679. The average Bonchev–Trinajstić information content (AvgIpc) is 2.63. The van der Waals surface area contributed by atoms with E-state index in [0.29, 0.717) is 21.5 Å². The average molecular weight is 409 g/mol. The van der Waals surface area contributed by atoms with Gasteiger partial charge in [-0.15, -0.1) is 0 Å². The molecule has 2 rings (SSSR count). The molecule has 2 N–H and O–H groups in total. The van der Waals surface area contributed by atoms with Gasteiger partial charge < -0.3 is 19.8 Å². The highest BCUT2D eigenvalue weighted by Crippen LogP contribution is 2.20. The molecule has 0 bridgehead atoms. The Hall–Kier alpha value is -2.61. The van der Waals surface area contributed by atoms with E-state index in [-0.39, 0.29) is 17.7 Å². The minimum absolute atomic E-state index is 0.000761. The number of hydrogen-bond donors (Lipinski definition) is 2. The number of aromatic amines is 1. The van der Waals surface area contributed by atoms with Gasteiger partial charge >= 0.3 is 5.97 Å². The van der Waals surface area contributed by atoms with Gasteiger partial charge in [0.05, 0.1) is 18.7 Å². The Morgan fingerprint density at radius 1 is 1.24 bits per heavy atom. The van der Waals surface area contributed by atoms with E-state index >= 15 is 0 Å². The molecule has 132 valence electrons. The minimum Gasteiger partial charge on any atom is -0.496 e. The van der Waals surface area contributed by atoms with Crippen LogP contribution in [0.4, 0.5) is 0 Å². The molecule has 1 aromatic carbocycles. The number of nitrogens with one attached hydrogen (secondary N) is 2. The number of pyridine rings is 1. The molecule has 0 saturated heterocycles. The third kappa shape index (κ3) is 4.08. The number of H-pyrrole nitrogens is 1. The number of aromatic nitrogens is 1. The Kier molecular flexibility index (Phi) is 5.97. The number of hydrogen-bond acceptors (Lipinski definition) is 5. The van der Waals surface area contributed by atoms with Crippen LogP contribution >= 0.6 is 15.9 Å². The van der Waals surface area contributed by atoms with Crippen LogP contribution in [-0.2, 0) is 11.3 Å². The van der Waals surface area contributed by atoms with Gasteiger partial charge in [-0.25, -0.2) is 4.79 Å². The number of aryl methyl sites for hydroxylation is 1. The second kappa shape index (κ2) is 7.98. The highest BCUT2D eigenvalue weighted by atomic mass is 79.9. The van der Waals surface area contributed by atoms with Crippen molar-refractivity contribution >= 4 is 27.8 Å². The normalized spacial score (nSPS) is 10.2. The maximum Gasteiger partial charge on any atom is 0.341 e. The van der Waals surface area contributed by atoms with Crippen LogP contribution in [0.3, 0.4) is 0 Å². The Balaban J connectivity index is 2.19. The molecule has 1 aromatic heterocycles. The van der Waals surface area contributed by atoms with Gasteiger partial charge in [0, 0.05) is 18.4 Å². The van der Waals surface area contributed by atoms with E-state index < -0.39 is 17.3 Å². The maximum atomic E-state index is 12.2. The first-order chi connectivity index (χ1) is 11.9. The standard InChI is InChI=1S/C17H17BrN2O5/c1-9-14(18)15(21)12(8-19-9)16(22)20-7-10-4-5-13(24-2)11(6-10)17(23)25-3/h4-6,8H,7H2,1-3H3,(H,19,21)(H,20,22). The second-order valence-corrected chi connectivity index (χ2v) is 5.97. The van der Waals surface area contributed by atoms with Gasteiger partial charge in [0.1, 0.15) is 16.9 Å². The van der Waals surface area contributed by atoms with Crippen molar-refractivity contribution in [1.29, 1.82) is 0 Å². The van der Waals surface area contributed by atoms with Gasteiger partial charge in [0.15, 0.2) is 0 Å². The number of ether oxygens (including phenoxy) is 2. The fourth-order valence-corrected chi connectivity index (χ4v) is 2.51. The number of halogens is 1. The van der Waals surface area contributed by atoms with Crippen molar-refractivity contribution in [3.8, 4) is 5.75 Å². The third-order valence-corrected chi connectivity index (χ3v) is 4.53. The molecular weight excluding hydrogens is 392 g/mol. The van der Waals surface area contributed by atoms with Crippen molar-refractivity contribution in [2.75, 3.05) is 14.2 Å². The first-order valence-electron chi connectivity index (χ1n) is 7.30. The molecule has 0 aliphatic heterocycles. The van der Waals surface area contributed by atoms with Gasteiger partial charge in [-0.1, -0.05) is 6.07 Å². The molecule has 2 aromatic rings. The zero-order valence-electron chi connectivity index (χ0n) is 13.9. The SMILES string of the molecule is COC(=O)c1cc(CNC(=O)c2c[nH]c(C)c(Br)c2=O)ccc1OC. The molecule has 0 spiro atoms. The Labute approximate surface area is 152 Å². The van der Waals surface area contributed by atoms with Crippen molar-refractivity contribution in [1.82, 2.24) is 10.3 Å². The van der Waals surface area contributed by atoms with Gasteiger partial charge in [-0.3, -0.25) is 9.59 Å².